The van der Waals surface area contributed by atoms with Gasteiger partial charge in [0.15, 0.2) is 0 Å². The van der Waals surface area contributed by atoms with E-state index in [0.29, 0.717) is 0 Å². The van der Waals surface area contributed by atoms with Gasteiger partial charge in [-0.15, -0.1) is 0 Å². The SMILES string of the molecule is C/C=C\C=C/c1cc(C)cc2c1-c1ccccc1C2(c1ccccc1)c1ccccc1. The fourth-order valence-corrected chi connectivity index (χ4v) is 5.15. The topological polar surface area (TPSA) is 0 Å². The molecule has 5 rings (SSSR count). The van der Waals surface area contributed by atoms with Crippen molar-refractivity contribution >= 4 is 6.08 Å². The summed E-state index contributed by atoms with van der Waals surface area (Å²) in [5.74, 6) is 0. The lowest BCUT2D eigenvalue weighted by Gasteiger charge is -2.34. The Kier molecular flexibility index (Phi) is 4.92. The summed E-state index contributed by atoms with van der Waals surface area (Å²) in [5.41, 5.74) is 10.2. The molecule has 1 aliphatic carbocycles. The minimum atomic E-state index is -0.330. The van der Waals surface area contributed by atoms with Gasteiger partial charge in [0.1, 0.15) is 0 Å². The predicted octanol–water partition coefficient (Wildman–Crippen LogP) is 7.95. The molecule has 0 atom stereocenters. The Morgan fingerprint density at radius 3 is 1.90 bits per heavy atom. The van der Waals surface area contributed by atoms with Gasteiger partial charge in [-0.05, 0) is 52.8 Å². The van der Waals surface area contributed by atoms with Crippen LogP contribution in [0.4, 0.5) is 0 Å². The first kappa shape index (κ1) is 19.3. The predicted molar refractivity (Wildman–Crippen MR) is 132 cm³/mol. The van der Waals surface area contributed by atoms with Crippen LogP contribution >= 0.6 is 0 Å². The maximum atomic E-state index is 2.39. The molecule has 0 aromatic heterocycles. The molecule has 31 heavy (non-hydrogen) atoms. The van der Waals surface area contributed by atoms with Gasteiger partial charge in [-0.1, -0.05) is 127 Å². The number of hydrogen-bond acceptors (Lipinski definition) is 0. The highest BCUT2D eigenvalue weighted by molar-refractivity contribution is 5.91. The summed E-state index contributed by atoms with van der Waals surface area (Å²) in [6.07, 6.45) is 8.55. The summed E-state index contributed by atoms with van der Waals surface area (Å²) in [6, 6.07) is 35.6. The van der Waals surface area contributed by atoms with Crippen LogP contribution in [0.2, 0.25) is 0 Å². The molecule has 0 heteroatoms. The van der Waals surface area contributed by atoms with E-state index in [-0.39, 0.29) is 5.41 Å². The second-order valence-corrected chi connectivity index (χ2v) is 8.19. The smallest absolute Gasteiger partial charge is 0.0713 e. The Labute approximate surface area is 185 Å². The van der Waals surface area contributed by atoms with Gasteiger partial charge in [0.25, 0.3) is 0 Å². The largest absolute Gasteiger partial charge is 0.0877 e. The van der Waals surface area contributed by atoms with Crippen LogP contribution in [0, 0.1) is 6.92 Å². The van der Waals surface area contributed by atoms with E-state index in [0.717, 1.165) is 0 Å². The molecule has 0 saturated heterocycles. The van der Waals surface area contributed by atoms with Crippen LogP contribution in [0.3, 0.4) is 0 Å². The van der Waals surface area contributed by atoms with E-state index >= 15 is 0 Å². The van der Waals surface area contributed by atoms with E-state index in [4.69, 9.17) is 0 Å². The molecular formula is C31H26. The highest BCUT2D eigenvalue weighted by Crippen LogP contribution is 2.57. The summed E-state index contributed by atoms with van der Waals surface area (Å²) in [7, 11) is 0. The van der Waals surface area contributed by atoms with Crippen molar-refractivity contribution in [2.45, 2.75) is 19.3 Å². The Hall–Kier alpha value is -3.64. The number of hydrogen-bond donors (Lipinski definition) is 0. The van der Waals surface area contributed by atoms with Crippen LogP contribution in [-0.4, -0.2) is 0 Å². The van der Waals surface area contributed by atoms with Crippen molar-refractivity contribution in [2.75, 3.05) is 0 Å². The quantitative estimate of drug-likeness (QED) is 0.269. The molecule has 0 N–H and O–H groups in total. The van der Waals surface area contributed by atoms with Crippen molar-refractivity contribution in [1.29, 1.82) is 0 Å². The summed E-state index contributed by atoms with van der Waals surface area (Å²) >= 11 is 0. The Bertz CT molecular complexity index is 1230. The van der Waals surface area contributed by atoms with Crippen LogP contribution in [0.5, 0.6) is 0 Å². The van der Waals surface area contributed by atoms with Gasteiger partial charge in [-0.25, -0.2) is 0 Å². The molecule has 0 radical (unpaired) electrons. The number of aryl methyl sites for hydroxylation is 1. The molecule has 0 saturated carbocycles. The van der Waals surface area contributed by atoms with Gasteiger partial charge in [0.05, 0.1) is 5.41 Å². The molecule has 4 aromatic carbocycles. The molecule has 4 aromatic rings. The molecule has 0 nitrogen and oxygen atoms in total. The molecule has 0 aliphatic heterocycles. The van der Waals surface area contributed by atoms with Crippen molar-refractivity contribution in [3.8, 4) is 11.1 Å². The standard InChI is InChI=1S/C31H26/c1-3-4-7-14-24-21-23(2)22-29-30(24)27-19-12-13-20-28(27)31(29,25-15-8-5-9-16-25)26-17-10-6-11-18-26/h3-22H,1-2H3/b4-3-,14-7-. The highest BCUT2D eigenvalue weighted by Gasteiger charge is 2.46. The Morgan fingerprint density at radius 2 is 1.26 bits per heavy atom. The molecular weight excluding hydrogens is 372 g/mol. The molecule has 0 unspecified atom stereocenters. The Morgan fingerprint density at radius 1 is 0.645 bits per heavy atom. The maximum absolute atomic E-state index is 2.39. The lowest BCUT2D eigenvalue weighted by Crippen LogP contribution is -2.28. The van der Waals surface area contributed by atoms with E-state index < -0.39 is 0 Å². The van der Waals surface area contributed by atoms with E-state index in [1.807, 2.05) is 0 Å². The van der Waals surface area contributed by atoms with Gasteiger partial charge < -0.3 is 0 Å². The van der Waals surface area contributed by atoms with Crippen LogP contribution in [0.15, 0.2) is 115 Å². The molecule has 0 spiro atoms. The zero-order chi connectivity index (χ0) is 21.3. The van der Waals surface area contributed by atoms with Crippen LogP contribution in [-0.2, 0) is 5.41 Å². The lowest BCUT2D eigenvalue weighted by molar-refractivity contribution is 0.767. The normalized spacial score (nSPS) is 14.1. The zero-order valence-electron chi connectivity index (χ0n) is 18.0. The Balaban J connectivity index is 1.95. The average Bonchev–Trinajstić information content (AvgIpc) is 3.11. The first-order valence-corrected chi connectivity index (χ1v) is 10.9. The van der Waals surface area contributed by atoms with Gasteiger partial charge >= 0.3 is 0 Å². The van der Waals surface area contributed by atoms with E-state index in [9.17, 15) is 0 Å². The van der Waals surface area contributed by atoms with Crippen LogP contribution in [0.25, 0.3) is 17.2 Å². The lowest BCUT2D eigenvalue weighted by atomic mass is 9.67. The third-order valence-corrected chi connectivity index (χ3v) is 6.31. The van der Waals surface area contributed by atoms with Gasteiger partial charge in [-0.3, -0.25) is 0 Å². The fourth-order valence-electron chi connectivity index (χ4n) is 5.15. The van der Waals surface area contributed by atoms with E-state index in [2.05, 4.69) is 135 Å². The van der Waals surface area contributed by atoms with Crippen molar-refractivity contribution < 1.29 is 0 Å². The maximum Gasteiger partial charge on any atom is 0.0713 e. The van der Waals surface area contributed by atoms with Crippen LogP contribution < -0.4 is 0 Å². The molecule has 0 bridgehead atoms. The van der Waals surface area contributed by atoms with E-state index in [1.54, 1.807) is 0 Å². The monoisotopic (exact) mass is 398 g/mol. The average molecular weight is 399 g/mol. The minimum Gasteiger partial charge on any atom is -0.0877 e. The molecule has 150 valence electrons. The van der Waals surface area contributed by atoms with E-state index in [1.165, 1.54) is 44.5 Å². The third-order valence-electron chi connectivity index (χ3n) is 6.31. The zero-order valence-corrected chi connectivity index (χ0v) is 18.0. The van der Waals surface area contributed by atoms with Crippen molar-refractivity contribution in [1.82, 2.24) is 0 Å². The fraction of sp³-hybridized carbons (Fsp3) is 0.0968. The molecule has 1 aliphatic rings. The van der Waals surface area contributed by atoms with Crippen molar-refractivity contribution in [3.05, 3.63) is 149 Å². The van der Waals surface area contributed by atoms with Crippen molar-refractivity contribution in [3.63, 3.8) is 0 Å². The number of allylic oxidation sites excluding steroid dienone is 3. The summed E-state index contributed by atoms with van der Waals surface area (Å²) in [6.45, 7) is 4.26. The van der Waals surface area contributed by atoms with Gasteiger partial charge in [0, 0.05) is 0 Å². The third kappa shape index (κ3) is 2.99. The minimum absolute atomic E-state index is 0.330. The van der Waals surface area contributed by atoms with Crippen molar-refractivity contribution in [2.24, 2.45) is 0 Å². The van der Waals surface area contributed by atoms with Gasteiger partial charge in [0.2, 0.25) is 0 Å². The molecule has 0 amide bonds. The summed E-state index contributed by atoms with van der Waals surface area (Å²) in [5, 5.41) is 0. The number of rotatable bonds is 4. The molecule has 0 fully saturated rings. The second-order valence-electron chi connectivity index (χ2n) is 8.19. The van der Waals surface area contributed by atoms with Gasteiger partial charge in [-0.2, -0.15) is 0 Å². The van der Waals surface area contributed by atoms with Crippen LogP contribution in [0.1, 0.15) is 40.3 Å². The summed E-state index contributed by atoms with van der Waals surface area (Å²) < 4.78 is 0. The first-order chi connectivity index (χ1) is 15.3. The second kappa shape index (κ2) is 7.89. The number of fused-ring (bicyclic) bond motifs is 3. The molecule has 0 heterocycles. The highest BCUT2D eigenvalue weighted by atomic mass is 14.5. The summed E-state index contributed by atoms with van der Waals surface area (Å²) in [4.78, 5) is 0. The number of benzene rings is 4. The first-order valence-electron chi connectivity index (χ1n) is 10.9.